The van der Waals surface area contributed by atoms with Gasteiger partial charge in [-0.1, -0.05) is 12.1 Å². The Balaban J connectivity index is 3.00. The predicted octanol–water partition coefficient (Wildman–Crippen LogP) is 1.09. The molecule has 1 atom stereocenters. The molecule has 0 fully saturated rings. The maximum Gasteiger partial charge on any atom is 0.387 e. The van der Waals surface area contributed by atoms with Crippen LogP contribution < -0.4 is 14.8 Å². The molecule has 2 N–H and O–H groups in total. The molecule has 21 heavy (non-hydrogen) atoms. The second-order valence-electron chi connectivity index (χ2n) is 4.06. The molecule has 0 spiro atoms. The van der Waals surface area contributed by atoms with Gasteiger partial charge < -0.3 is 10.1 Å². The minimum Gasteiger partial charge on any atom is -0.433 e. The van der Waals surface area contributed by atoms with Crippen LogP contribution in [0.2, 0.25) is 0 Å². The van der Waals surface area contributed by atoms with Crippen LogP contribution in [-0.2, 0) is 14.8 Å². The molecule has 0 aromatic heterocycles. The van der Waals surface area contributed by atoms with Crippen LogP contribution in [0.4, 0.5) is 8.78 Å². The third-order valence-corrected chi connectivity index (χ3v) is 4.01. The fourth-order valence-electron chi connectivity index (χ4n) is 1.54. The molecule has 1 rings (SSSR count). The first-order valence-electron chi connectivity index (χ1n) is 6.11. The summed E-state index contributed by atoms with van der Waals surface area (Å²) in [6.07, 6.45) is 0. The lowest BCUT2D eigenvalue weighted by molar-refractivity contribution is -0.122. The van der Waals surface area contributed by atoms with E-state index in [0.29, 0.717) is 6.54 Å². The SMILES string of the molecule is CCNC(=O)[C@H](C)NS(=O)(=O)c1ccccc1OC(F)F. The molecule has 0 aliphatic carbocycles. The predicted molar refractivity (Wildman–Crippen MR) is 71.5 cm³/mol. The number of sulfonamides is 1. The molecule has 0 saturated heterocycles. The molecule has 0 aliphatic rings. The van der Waals surface area contributed by atoms with Gasteiger partial charge in [-0.25, -0.2) is 8.42 Å². The summed E-state index contributed by atoms with van der Waals surface area (Å²) in [4.78, 5) is 11.1. The van der Waals surface area contributed by atoms with E-state index in [9.17, 15) is 22.0 Å². The van der Waals surface area contributed by atoms with Crippen molar-refractivity contribution >= 4 is 15.9 Å². The van der Waals surface area contributed by atoms with E-state index in [1.165, 1.54) is 19.1 Å². The maximum absolute atomic E-state index is 12.3. The van der Waals surface area contributed by atoms with Crippen molar-refractivity contribution in [1.29, 1.82) is 0 Å². The van der Waals surface area contributed by atoms with Crippen molar-refractivity contribution in [2.45, 2.75) is 31.4 Å². The van der Waals surface area contributed by atoms with Crippen LogP contribution in [0.15, 0.2) is 29.2 Å². The van der Waals surface area contributed by atoms with Gasteiger partial charge in [-0.05, 0) is 26.0 Å². The Morgan fingerprint density at radius 2 is 1.95 bits per heavy atom. The lowest BCUT2D eigenvalue weighted by Gasteiger charge is -2.15. The first kappa shape index (κ1) is 17.3. The van der Waals surface area contributed by atoms with E-state index in [-0.39, 0.29) is 0 Å². The number of carbonyl (C=O) groups is 1. The summed E-state index contributed by atoms with van der Waals surface area (Å²) in [6.45, 7) is 0.224. The van der Waals surface area contributed by atoms with Gasteiger partial charge in [0.2, 0.25) is 15.9 Å². The summed E-state index contributed by atoms with van der Waals surface area (Å²) in [5.74, 6) is -1.00. The zero-order valence-electron chi connectivity index (χ0n) is 11.5. The smallest absolute Gasteiger partial charge is 0.387 e. The topological polar surface area (TPSA) is 84.5 Å². The van der Waals surface area contributed by atoms with E-state index in [0.717, 1.165) is 12.1 Å². The normalized spacial score (nSPS) is 13.0. The Labute approximate surface area is 121 Å². The standard InChI is InChI=1S/C12H16F2N2O4S/c1-3-15-11(17)8(2)16-21(18,19)10-7-5-4-6-9(10)20-12(13)14/h4-8,12,16H,3H2,1-2H3,(H,15,17)/t8-/m0/s1. The van der Waals surface area contributed by atoms with Crippen molar-refractivity contribution in [2.24, 2.45) is 0 Å². The van der Waals surface area contributed by atoms with Crippen molar-refractivity contribution in [3.05, 3.63) is 24.3 Å². The van der Waals surface area contributed by atoms with Crippen molar-refractivity contribution < 1.29 is 26.7 Å². The van der Waals surface area contributed by atoms with Crippen molar-refractivity contribution in [2.75, 3.05) is 6.54 Å². The average molecular weight is 322 g/mol. The summed E-state index contributed by atoms with van der Waals surface area (Å²) in [7, 11) is -4.17. The molecular formula is C12H16F2N2O4S. The van der Waals surface area contributed by atoms with Crippen molar-refractivity contribution in [3.8, 4) is 5.75 Å². The summed E-state index contributed by atoms with van der Waals surface area (Å²) in [5, 5.41) is 2.45. The molecular weight excluding hydrogens is 306 g/mol. The van der Waals surface area contributed by atoms with Crippen LogP contribution in [0.25, 0.3) is 0 Å². The summed E-state index contributed by atoms with van der Waals surface area (Å²) < 4.78 is 55.1. The molecule has 0 bridgehead atoms. The number of likely N-dealkylation sites (N-methyl/N-ethyl adjacent to an activating group) is 1. The number of nitrogens with one attached hydrogen (secondary N) is 2. The number of alkyl halides is 2. The van der Waals surface area contributed by atoms with Gasteiger partial charge in [0.15, 0.2) is 0 Å². The highest BCUT2D eigenvalue weighted by Gasteiger charge is 2.25. The molecule has 0 radical (unpaired) electrons. The highest BCUT2D eigenvalue weighted by atomic mass is 32.2. The van der Waals surface area contributed by atoms with E-state index >= 15 is 0 Å². The van der Waals surface area contributed by atoms with E-state index in [1.807, 2.05) is 0 Å². The minimum absolute atomic E-state index is 0.343. The van der Waals surface area contributed by atoms with Crippen LogP contribution in [0, 0.1) is 0 Å². The number of rotatable bonds is 7. The average Bonchev–Trinajstić information content (AvgIpc) is 2.38. The summed E-state index contributed by atoms with van der Waals surface area (Å²) >= 11 is 0. The van der Waals surface area contributed by atoms with E-state index in [4.69, 9.17) is 0 Å². The monoisotopic (exact) mass is 322 g/mol. The number of carbonyl (C=O) groups excluding carboxylic acids is 1. The molecule has 1 amide bonds. The van der Waals surface area contributed by atoms with Gasteiger partial charge >= 0.3 is 6.61 Å². The Kier molecular flexibility index (Phi) is 6.03. The summed E-state index contributed by atoms with van der Waals surface area (Å²) in [6, 6.07) is 3.91. The van der Waals surface area contributed by atoms with Gasteiger partial charge in [0.25, 0.3) is 0 Å². The third-order valence-electron chi connectivity index (χ3n) is 2.43. The number of ether oxygens (including phenoxy) is 1. The highest BCUT2D eigenvalue weighted by Crippen LogP contribution is 2.24. The van der Waals surface area contributed by atoms with Gasteiger partial charge in [0.05, 0.1) is 6.04 Å². The number of hydrogen-bond acceptors (Lipinski definition) is 4. The molecule has 0 saturated carbocycles. The minimum atomic E-state index is -4.17. The Morgan fingerprint density at radius 1 is 1.33 bits per heavy atom. The number of hydrogen-bond donors (Lipinski definition) is 2. The highest BCUT2D eigenvalue weighted by molar-refractivity contribution is 7.89. The van der Waals surface area contributed by atoms with Crippen LogP contribution >= 0.6 is 0 Å². The van der Waals surface area contributed by atoms with Gasteiger partial charge in [0.1, 0.15) is 10.6 Å². The second kappa shape index (κ2) is 7.32. The van der Waals surface area contributed by atoms with E-state index in [1.54, 1.807) is 6.92 Å². The Morgan fingerprint density at radius 3 is 2.52 bits per heavy atom. The number of benzene rings is 1. The molecule has 1 aromatic rings. The van der Waals surface area contributed by atoms with Crippen molar-refractivity contribution in [3.63, 3.8) is 0 Å². The fraction of sp³-hybridized carbons (Fsp3) is 0.417. The molecule has 1 aromatic carbocycles. The molecule has 118 valence electrons. The number of amides is 1. The molecule has 0 unspecified atom stereocenters. The fourth-order valence-corrected chi connectivity index (χ4v) is 2.88. The largest absolute Gasteiger partial charge is 0.433 e. The molecule has 0 heterocycles. The van der Waals surface area contributed by atoms with Crippen LogP contribution in [0.3, 0.4) is 0 Å². The zero-order valence-corrected chi connectivity index (χ0v) is 12.3. The first-order chi connectivity index (χ1) is 9.77. The second-order valence-corrected chi connectivity index (χ2v) is 5.75. The zero-order chi connectivity index (χ0) is 16.0. The Bertz CT molecular complexity index is 593. The van der Waals surface area contributed by atoms with Crippen LogP contribution in [0.1, 0.15) is 13.8 Å². The van der Waals surface area contributed by atoms with Gasteiger partial charge in [0, 0.05) is 6.54 Å². The summed E-state index contributed by atoms with van der Waals surface area (Å²) in [5.41, 5.74) is 0. The maximum atomic E-state index is 12.3. The van der Waals surface area contributed by atoms with Crippen LogP contribution in [-0.4, -0.2) is 33.5 Å². The Hall–Kier alpha value is -1.74. The van der Waals surface area contributed by atoms with Crippen molar-refractivity contribution in [1.82, 2.24) is 10.0 Å². The number of halogens is 2. The van der Waals surface area contributed by atoms with Crippen LogP contribution in [0.5, 0.6) is 5.75 Å². The first-order valence-corrected chi connectivity index (χ1v) is 7.60. The van der Waals surface area contributed by atoms with Gasteiger partial charge in [-0.3, -0.25) is 4.79 Å². The van der Waals surface area contributed by atoms with E-state index in [2.05, 4.69) is 14.8 Å². The van der Waals surface area contributed by atoms with E-state index < -0.39 is 39.2 Å². The quantitative estimate of drug-likeness (QED) is 0.787. The number of para-hydroxylation sites is 1. The van der Waals surface area contributed by atoms with Gasteiger partial charge in [-0.2, -0.15) is 13.5 Å². The lowest BCUT2D eigenvalue weighted by atomic mass is 10.3. The lowest BCUT2D eigenvalue weighted by Crippen LogP contribution is -2.44. The third kappa shape index (κ3) is 4.94. The van der Waals surface area contributed by atoms with Gasteiger partial charge in [-0.15, -0.1) is 0 Å². The molecule has 9 heteroatoms. The molecule has 6 nitrogen and oxygen atoms in total. The molecule has 0 aliphatic heterocycles.